The molecule has 0 aliphatic heterocycles. The molecule has 0 amide bonds. The predicted molar refractivity (Wildman–Crippen MR) is 212 cm³/mol. The molecule has 3 nitrogen and oxygen atoms in total. The third kappa shape index (κ3) is 5.15. The van der Waals surface area contributed by atoms with Crippen molar-refractivity contribution in [3.05, 3.63) is 182 Å². The van der Waals surface area contributed by atoms with Crippen LogP contribution in [0, 0.1) is 0 Å². The quantitative estimate of drug-likeness (QED) is 0.186. The van der Waals surface area contributed by atoms with Gasteiger partial charge in [-0.05, 0) is 68.7 Å². The minimum atomic E-state index is 0.711. The van der Waals surface area contributed by atoms with Crippen LogP contribution in [0.1, 0.15) is 0 Å². The normalized spacial score (nSPS) is 11.5. The second kappa shape index (κ2) is 11.9. The highest BCUT2D eigenvalue weighted by Gasteiger charge is 2.16. The van der Waals surface area contributed by atoms with E-state index in [1.54, 1.807) is 0 Å². The molecule has 8 aromatic carbocycles. The minimum absolute atomic E-state index is 0.711. The molecule has 0 atom stereocenters. The Kier molecular flexibility index (Phi) is 6.81. The first-order valence-electron chi connectivity index (χ1n) is 17.2. The lowest BCUT2D eigenvalue weighted by Crippen LogP contribution is -1.95. The molecule has 10 aromatic rings. The average Bonchev–Trinajstić information content (AvgIpc) is 3.59. The van der Waals surface area contributed by atoms with Gasteiger partial charge in [0.1, 0.15) is 11.2 Å². The Morgan fingerprint density at radius 1 is 0.333 bits per heavy atom. The fourth-order valence-corrected chi connectivity index (χ4v) is 7.27. The topological polar surface area (TPSA) is 38.9 Å². The Bertz CT molecular complexity index is 2830. The van der Waals surface area contributed by atoms with E-state index >= 15 is 0 Å². The monoisotopic (exact) mass is 650 g/mol. The van der Waals surface area contributed by atoms with E-state index in [-0.39, 0.29) is 0 Å². The van der Waals surface area contributed by atoms with Crippen molar-refractivity contribution in [2.24, 2.45) is 0 Å². The van der Waals surface area contributed by atoms with Gasteiger partial charge in [0.2, 0.25) is 0 Å². The Balaban J connectivity index is 1.08. The van der Waals surface area contributed by atoms with Gasteiger partial charge in [0.15, 0.2) is 5.82 Å². The van der Waals surface area contributed by atoms with Gasteiger partial charge < -0.3 is 4.42 Å². The van der Waals surface area contributed by atoms with E-state index in [2.05, 4.69) is 146 Å². The number of nitrogens with zero attached hydrogens (tertiary/aromatic N) is 2. The molecule has 0 radical (unpaired) electrons. The number of fused-ring (bicyclic) bond motifs is 6. The lowest BCUT2D eigenvalue weighted by molar-refractivity contribution is 0.673. The third-order valence-electron chi connectivity index (χ3n) is 9.88. The predicted octanol–water partition coefficient (Wildman–Crippen LogP) is 13.0. The maximum atomic E-state index is 6.66. The van der Waals surface area contributed by atoms with Crippen LogP contribution >= 0.6 is 0 Å². The summed E-state index contributed by atoms with van der Waals surface area (Å²) < 4.78 is 6.66. The highest BCUT2D eigenvalue weighted by Crippen LogP contribution is 2.41. The van der Waals surface area contributed by atoms with Crippen LogP contribution < -0.4 is 0 Å². The zero-order valence-electron chi connectivity index (χ0n) is 27.6. The molecule has 51 heavy (non-hydrogen) atoms. The lowest BCUT2D eigenvalue weighted by atomic mass is 9.94. The van der Waals surface area contributed by atoms with Gasteiger partial charge in [0.05, 0.1) is 11.4 Å². The summed E-state index contributed by atoms with van der Waals surface area (Å²) in [5.74, 6) is 0.711. The van der Waals surface area contributed by atoms with Crippen molar-refractivity contribution >= 4 is 43.5 Å². The second-order valence-electron chi connectivity index (χ2n) is 13.0. The molecule has 3 heteroatoms. The van der Waals surface area contributed by atoms with Gasteiger partial charge in [-0.1, -0.05) is 152 Å². The van der Waals surface area contributed by atoms with E-state index in [9.17, 15) is 0 Å². The molecule has 2 aromatic heterocycles. The van der Waals surface area contributed by atoms with Crippen molar-refractivity contribution in [2.75, 3.05) is 0 Å². The molecule has 0 bridgehead atoms. The smallest absolute Gasteiger partial charge is 0.160 e. The molecule has 0 fully saturated rings. The van der Waals surface area contributed by atoms with Crippen LogP contribution in [0.4, 0.5) is 0 Å². The van der Waals surface area contributed by atoms with E-state index in [1.807, 2.05) is 36.4 Å². The summed E-state index contributed by atoms with van der Waals surface area (Å²) in [5, 5.41) is 6.96. The average molecular weight is 651 g/mol. The molecule has 0 aliphatic rings. The number of aromatic nitrogens is 2. The van der Waals surface area contributed by atoms with Crippen LogP contribution in [0.5, 0.6) is 0 Å². The van der Waals surface area contributed by atoms with Crippen LogP contribution in [-0.4, -0.2) is 9.97 Å². The van der Waals surface area contributed by atoms with Gasteiger partial charge >= 0.3 is 0 Å². The first-order chi connectivity index (χ1) is 25.2. The third-order valence-corrected chi connectivity index (χ3v) is 9.88. The second-order valence-corrected chi connectivity index (χ2v) is 13.0. The SMILES string of the molecule is c1ccc(-c2cc(-c3ccc(-c4cc5c6ccc(-c7ccc8ccccc8c7)cc6oc5c5ccccc45)cc3)nc(-c3ccccc3)n2)cc1. The zero-order chi connectivity index (χ0) is 33.7. The first kappa shape index (κ1) is 29.1. The van der Waals surface area contributed by atoms with E-state index in [0.717, 1.165) is 71.9 Å². The molecular formula is C48H30N2O. The van der Waals surface area contributed by atoms with Crippen LogP contribution in [-0.2, 0) is 0 Å². The highest BCUT2D eigenvalue weighted by molar-refractivity contribution is 6.19. The molecule has 0 unspecified atom stereocenters. The molecule has 0 saturated carbocycles. The molecule has 2 heterocycles. The van der Waals surface area contributed by atoms with E-state index < -0.39 is 0 Å². The summed E-state index contributed by atoms with van der Waals surface area (Å²) in [6, 6.07) is 63.9. The Labute approximate surface area is 295 Å². The minimum Gasteiger partial charge on any atom is -0.455 e. The van der Waals surface area contributed by atoms with Gasteiger partial charge in [0, 0.05) is 32.8 Å². The fraction of sp³-hybridized carbons (Fsp3) is 0. The Morgan fingerprint density at radius 2 is 0.902 bits per heavy atom. The van der Waals surface area contributed by atoms with Gasteiger partial charge in [-0.15, -0.1) is 0 Å². The Hall–Kier alpha value is -6.84. The van der Waals surface area contributed by atoms with Crippen molar-refractivity contribution in [3.63, 3.8) is 0 Å². The molecular weight excluding hydrogens is 621 g/mol. The van der Waals surface area contributed by atoms with Crippen LogP contribution in [0.25, 0.3) is 99.6 Å². The first-order valence-corrected chi connectivity index (χ1v) is 17.2. The lowest BCUT2D eigenvalue weighted by Gasteiger charge is -2.11. The summed E-state index contributed by atoms with van der Waals surface area (Å²) in [7, 11) is 0. The Morgan fingerprint density at radius 3 is 1.67 bits per heavy atom. The van der Waals surface area contributed by atoms with Crippen LogP contribution in [0.2, 0.25) is 0 Å². The zero-order valence-corrected chi connectivity index (χ0v) is 27.6. The van der Waals surface area contributed by atoms with Crippen LogP contribution in [0.3, 0.4) is 0 Å². The van der Waals surface area contributed by atoms with Gasteiger partial charge in [-0.25, -0.2) is 9.97 Å². The van der Waals surface area contributed by atoms with E-state index in [4.69, 9.17) is 14.4 Å². The number of hydrogen-bond donors (Lipinski definition) is 0. The van der Waals surface area contributed by atoms with Crippen molar-refractivity contribution in [2.45, 2.75) is 0 Å². The maximum absolute atomic E-state index is 6.66. The summed E-state index contributed by atoms with van der Waals surface area (Å²) >= 11 is 0. The summed E-state index contributed by atoms with van der Waals surface area (Å²) in [6.07, 6.45) is 0. The fourth-order valence-electron chi connectivity index (χ4n) is 7.27. The number of rotatable bonds is 5. The standard InChI is InChI=1S/C48H30N2O/c1-3-12-33(13-4-1)44-30-45(50-48(49-44)35-14-5-2-6-15-35)34-22-20-32(21-23-34)42-29-43-40-26-25-38(37-24-19-31-11-7-8-16-36(31)27-37)28-46(40)51-47(43)41-18-10-9-17-39(41)42/h1-30H. The molecule has 10 rings (SSSR count). The van der Waals surface area contributed by atoms with Crippen LogP contribution in [0.15, 0.2) is 186 Å². The molecule has 238 valence electrons. The van der Waals surface area contributed by atoms with Gasteiger partial charge in [0.25, 0.3) is 0 Å². The summed E-state index contributed by atoms with van der Waals surface area (Å²) in [5.41, 5.74) is 11.3. The largest absolute Gasteiger partial charge is 0.455 e. The number of hydrogen-bond acceptors (Lipinski definition) is 3. The van der Waals surface area contributed by atoms with Crippen molar-refractivity contribution in [3.8, 4) is 56.2 Å². The molecule has 0 N–H and O–H groups in total. The van der Waals surface area contributed by atoms with Crippen molar-refractivity contribution in [1.82, 2.24) is 9.97 Å². The molecule has 0 saturated heterocycles. The number of furan rings is 1. The summed E-state index contributed by atoms with van der Waals surface area (Å²) in [4.78, 5) is 10.0. The molecule has 0 aliphatic carbocycles. The van der Waals surface area contributed by atoms with Crippen molar-refractivity contribution in [1.29, 1.82) is 0 Å². The van der Waals surface area contributed by atoms with E-state index in [1.165, 1.54) is 21.9 Å². The van der Waals surface area contributed by atoms with Gasteiger partial charge in [-0.2, -0.15) is 0 Å². The van der Waals surface area contributed by atoms with E-state index in [0.29, 0.717) is 5.82 Å². The molecule has 0 spiro atoms. The van der Waals surface area contributed by atoms with Gasteiger partial charge in [-0.3, -0.25) is 0 Å². The maximum Gasteiger partial charge on any atom is 0.160 e. The highest BCUT2D eigenvalue weighted by atomic mass is 16.3. The summed E-state index contributed by atoms with van der Waals surface area (Å²) in [6.45, 7) is 0. The van der Waals surface area contributed by atoms with Crippen molar-refractivity contribution < 1.29 is 4.42 Å². The number of benzene rings is 8.